The molecule has 2 N–H and O–H groups in total. The van der Waals surface area contributed by atoms with Gasteiger partial charge in [0, 0.05) is 29.6 Å². The predicted molar refractivity (Wildman–Crippen MR) is 109 cm³/mol. The van der Waals surface area contributed by atoms with E-state index in [-0.39, 0.29) is 47.9 Å². The number of hydrogen-bond donors (Lipinski definition) is 2. The molecule has 7 heteroatoms. The van der Waals surface area contributed by atoms with Gasteiger partial charge in [-0.3, -0.25) is 14.4 Å². The summed E-state index contributed by atoms with van der Waals surface area (Å²) in [5, 5.41) is 20.9. The molecule has 0 aromatic rings. The molecule has 0 bridgehead atoms. The summed E-state index contributed by atoms with van der Waals surface area (Å²) in [5.74, 6) is -1.60. The summed E-state index contributed by atoms with van der Waals surface area (Å²) < 4.78 is 11.7. The molecule has 5 rings (SSSR count). The minimum Gasteiger partial charge on any atom is -0.481 e. The second-order valence-electron chi connectivity index (χ2n) is 10.9. The van der Waals surface area contributed by atoms with Crippen molar-refractivity contribution in [3.63, 3.8) is 0 Å². The van der Waals surface area contributed by atoms with Crippen molar-refractivity contribution >= 4 is 17.7 Å². The maximum atomic E-state index is 13.0. The molecular formula is C24H32O7. The Morgan fingerprint density at radius 3 is 2.71 bits per heavy atom. The molecule has 1 heterocycles. The lowest BCUT2D eigenvalue weighted by Crippen LogP contribution is -2.63. The molecule has 0 aromatic carbocycles. The SMILES string of the molecule is COC(=O)[C@@H]1CC2=CC(=O)CC[C@]2(C)[C@@]23O[C@@H]2C[C@@]2(C)C(CC[C@@]2(O)CCC(=O)O)C13. The molecule has 8 atom stereocenters. The fourth-order valence-corrected chi connectivity index (χ4v) is 8.22. The molecule has 4 fully saturated rings. The van der Waals surface area contributed by atoms with Gasteiger partial charge < -0.3 is 19.7 Å². The van der Waals surface area contributed by atoms with E-state index < -0.39 is 28.5 Å². The monoisotopic (exact) mass is 432 g/mol. The number of aliphatic hydroxyl groups is 1. The first-order chi connectivity index (χ1) is 14.5. The highest BCUT2D eigenvalue weighted by Crippen LogP contribution is 2.77. The molecule has 2 unspecified atom stereocenters. The smallest absolute Gasteiger partial charge is 0.309 e. The predicted octanol–water partition coefficient (Wildman–Crippen LogP) is 2.64. The molecular weight excluding hydrogens is 400 g/mol. The summed E-state index contributed by atoms with van der Waals surface area (Å²) in [4.78, 5) is 36.4. The lowest BCUT2D eigenvalue weighted by molar-refractivity contribution is -0.163. The van der Waals surface area contributed by atoms with Gasteiger partial charge in [-0.05, 0) is 50.5 Å². The van der Waals surface area contributed by atoms with Crippen LogP contribution in [-0.4, -0.2) is 52.4 Å². The van der Waals surface area contributed by atoms with Crippen molar-refractivity contribution in [3.05, 3.63) is 11.6 Å². The van der Waals surface area contributed by atoms with Crippen LogP contribution in [0.25, 0.3) is 0 Å². The molecule has 31 heavy (non-hydrogen) atoms. The standard InChI is InChI=1S/C24H32O7/c1-21-7-4-14(25)10-13(21)11-15(20(28)30-3)19-16-5-8-23(29,9-6-18(26)27)22(16,2)12-17-24(19,21)31-17/h10,15-17,19,29H,4-9,11-12H2,1-3H3,(H,26,27)/t15-,16?,17-,19?,21+,22+,23-,24-/m1/s1. The van der Waals surface area contributed by atoms with Gasteiger partial charge in [-0.15, -0.1) is 0 Å². The number of fused-ring (bicyclic) bond motifs is 3. The average molecular weight is 433 g/mol. The van der Waals surface area contributed by atoms with Gasteiger partial charge in [0.25, 0.3) is 0 Å². The lowest BCUT2D eigenvalue weighted by atomic mass is 9.43. The third kappa shape index (κ3) is 2.50. The molecule has 4 aliphatic carbocycles. The van der Waals surface area contributed by atoms with E-state index in [1.54, 1.807) is 6.08 Å². The van der Waals surface area contributed by atoms with Crippen molar-refractivity contribution in [1.82, 2.24) is 0 Å². The quantitative estimate of drug-likeness (QED) is 0.519. The van der Waals surface area contributed by atoms with Crippen LogP contribution in [0.3, 0.4) is 0 Å². The van der Waals surface area contributed by atoms with Gasteiger partial charge in [0.15, 0.2) is 5.78 Å². The molecule has 1 aliphatic heterocycles. The molecule has 5 aliphatic rings. The molecule has 0 aromatic heterocycles. The Morgan fingerprint density at radius 2 is 2.03 bits per heavy atom. The normalized spacial score (nSPS) is 49.8. The van der Waals surface area contributed by atoms with E-state index in [0.29, 0.717) is 32.1 Å². The number of hydrogen-bond acceptors (Lipinski definition) is 6. The molecule has 1 spiro atoms. The van der Waals surface area contributed by atoms with Crippen LogP contribution in [-0.2, 0) is 23.9 Å². The Labute approximate surface area is 182 Å². The minimum absolute atomic E-state index is 0.0325. The minimum atomic E-state index is -1.09. The number of ether oxygens (including phenoxy) is 2. The molecule has 3 saturated carbocycles. The maximum Gasteiger partial charge on any atom is 0.309 e. The van der Waals surface area contributed by atoms with Gasteiger partial charge in [-0.25, -0.2) is 0 Å². The number of aliphatic carboxylic acids is 1. The largest absolute Gasteiger partial charge is 0.481 e. The van der Waals surface area contributed by atoms with Gasteiger partial charge in [0.2, 0.25) is 0 Å². The number of carbonyl (C=O) groups is 3. The molecule has 0 amide bonds. The van der Waals surface area contributed by atoms with Crippen LogP contribution in [0.4, 0.5) is 0 Å². The number of esters is 1. The average Bonchev–Trinajstić information content (AvgIpc) is 3.38. The first-order valence-corrected chi connectivity index (χ1v) is 11.5. The first kappa shape index (κ1) is 21.1. The number of carboxylic acid groups (broad SMARTS) is 1. The van der Waals surface area contributed by atoms with E-state index in [1.165, 1.54) is 7.11 Å². The van der Waals surface area contributed by atoms with Crippen molar-refractivity contribution in [2.75, 3.05) is 7.11 Å². The summed E-state index contributed by atoms with van der Waals surface area (Å²) in [6.45, 7) is 4.24. The molecule has 170 valence electrons. The second kappa shape index (κ2) is 6.41. The number of rotatable bonds is 4. The Kier molecular flexibility index (Phi) is 4.37. The lowest BCUT2D eigenvalue weighted by Gasteiger charge is -2.58. The van der Waals surface area contributed by atoms with E-state index in [1.807, 2.05) is 0 Å². The zero-order chi connectivity index (χ0) is 22.4. The van der Waals surface area contributed by atoms with Crippen LogP contribution in [0.15, 0.2) is 11.6 Å². The van der Waals surface area contributed by atoms with Gasteiger partial charge in [0.1, 0.15) is 5.60 Å². The Balaban J connectivity index is 1.59. The van der Waals surface area contributed by atoms with Gasteiger partial charge in [-0.2, -0.15) is 0 Å². The van der Waals surface area contributed by atoms with Crippen LogP contribution >= 0.6 is 0 Å². The molecule has 1 saturated heterocycles. The second-order valence-corrected chi connectivity index (χ2v) is 10.9. The van der Waals surface area contributed by atoms with E-state index in [4.69, 9.17) is 9.47 Å². The van der Waals surface area contributed by atoms with Crippen molar-refractivity contribution in [2.45, 2.75) is 82.5 Å². The summed E-state index contributed by atoms with van der Waals surface area (Å²) >= 11 is 0. The highest BCUT2D eigenvalue weighted by Gasteiger charge is 2.82. The molecule has 0 radical (unpaired) electrons. The Bertz CT molecular complexity index is 894. The fourth-order valence-electron chi connectivity index (χ4n) is 8.22. The summed E-state index contributed by atoms with van der Waals surface area (Å²) in [6, 6.07) is 0. The number of epoxide rings is 1. The Morgan fingerprint density at radius 1 is 1.29 bits per heavy atom. The van der Waals surface area contributed by atoms with Crippen LogP contribution < -0.4 is 0 Å². The highest BCUT2D eigenvalue weighted by atomic mass is 16.6. The highest BCUT2D eigenvalue weighted by molar-refractivity contribution is 5.92. The van der Waals surface area contributed by atoms with Gasteiger partial charge in [-0.1, -0.05) is 19.4 Å². The van der Waals surface area contributed by atoms with Crippen molar-refractivity contribution in [2.24, 2.45) is 28.6 Å². The van der Waals surface area contributed by atoms with Crippen LogP contribution in [0.1, 0.15) is 65.2 Å². The summed E-state index contributed by atoms with van der Waals surface area (Å²) in [7, 11) is 1.40. The topological polar surface area (TPSA) is 113 Å². The summed E-state index contributed by atoms with van der Waals surface area (Å²) in [5.41, 5.74) is -1.43. The Hall–Kier alpha value is -1.73. The third-order valence-electron chi connectivity index (χ3n) is 9.95. The third-order valence-corrected chi connectivity index (χ3v) is 9.95. The van der Waals surface area contributed by atoms with Crippen LogP contribution in [0, 0.1) is 28.6 Å². The van der Waals surface area contributed by atoms with Crippen molar-refractivity contribution in [3.8, 4) is 0 Å². The van der Waals surface area contributed by atoms with Gasteiger partial charge >= 0.3 is 11.9 Å². The van der Waals surface area contributed by atoms with Crippen molar-refractivity contribution in [1.29, 1.82) is 0 Å². The number of methoxy groups -OCH3 is 1. The number of carboxylic acids is 1. The van der Waals surface area contributed by atoms with E-state index in [2.05, 4.69) is 13.8 Å². The van der Waals surface area contributed by atoms with Crippen LogP contribution in [0.2, 0.25) is 0 Å². The van der Waals surface area contributed by atoms with Crippen LogP contribution in [0.5, 0.6) is 0 Å². The molecule has 7 nitrogen and oxygen atoms in total. The number of ketones is 1. The van der Waals surface area contributed by atoms with E-state index in [0.717, 1.165) is 12.0 Å². The van der Waals surface area contributed by atoms with E-state index >= 15 is 0 Å². The first-order valence-electron chi connectivity index (χ1n) is 11.5. The zero-order valence-corrected chi connectivity index (χ0v) is 18.5. The van der Waals surface area contributed by atoms with E-state index in [9.17, 15) is 24.6 Å². The maximum absolute atomic E-state index is 13.0. The zero-order valence-electron chi connectivity index (χ0n) is 18.5. The number of carbonyl (C=O) groups excluding carboxylic acids is 2. The van der Waals surface area contributed by atoms with Crippen molar-refractivity contribution < 1.29 is 34.1 Å². The fraction of sp³-hybridized carbons (Fsp3) is 0.792. The van der Waals surface area contributed by atoms with Gasteiger partial charge in [0.05, 0.1) is 24.7 Å². The summed E-state index contributed by atoms with van der Waals surface area (Å²) in [6.07, 6.45) is 5.35.